The Morgan fingerprint density at radius 1 is 1.13 bits per heavy atom. The van der Waals surface area contributed by atoms with Crippen LogP contribution in [0.1, 0.15) is 43.5 Å². The monoisotopic (exact) mass is 316 g/mol. The second-order valence-electron chi connectivity index (χ2n) is 6.87. The van der Waals surface area contributed by atoms with Crippen LogP contribution in [0.2, 0.25) is 0 Å². The minimum Gasteiger partial charge on any atom is -0.481 e. The minimum absolute atomic E-state index is 0.159. The molecule has 0 radical (unpaired) electrons. The number of hydrogen-bond donors (Lipinski definition) is 1. The summed E-state index contributed by atoms with van der Waals surface area (Å²) < 4.78 is 0. The van der Waals surface area contributed by atoms with Crippen molar-refractivity contribution in [1.82, 2.24) is 0 Å². The summed E-state index contributed by atoms with van der Waals surface area (Å²) in [6, 6.07) is 8.30. The fourth-order valence-corrected chi connectivity index (χ4v) is 3.14. The van der Waals surface area contributed by atoms with Gasteiger partial charge in [-0.05, 0) is 5.41 Å². The van der Waals surface area contributed by atoms with Crippen LogP contribution in [0.15, 0.2) is 30.3 Å². The van der Waals surface area contributed by atoms with Crippen LogP contribution in [0.4, 0.5) is 0 Å². The predicted octanol–water partition coefficient (Wildman–Crippen LogP) is 2.53. The second kappa shape index (κ2) is 6.44. The van der Waals surface area contributed by atoms with Gasteiger partial charge in [-0.25, -0.2) is 0 Å². The molecule has 1 aromatic rings. The van der Waals surface area contributed by atoms with E-state index in [-0.39, 0.29) is 36.6 Å². The van der Waals surface area contributed by atoms with E-state index in [1.165, 1.54) is 0 Å². The Hall–Kier alpha value is -2.30. The van der Waals surface area contributed by atoms with Gasteiger partial charge in [0, 0.05) is 24.8 Å². The largest absolute Gasteiger partial charge is 0.481 e. The normalized spacial score (nSPS) is 19.4. The van der Waals surface area contributed by atoms with Gasteiger partial charge < -0.3 is 5.11 Å². The third kappa shape index (κ3) is 3.92. The van der Waals surface area contributed by atoms with E-state index in [1.807, 2.05) is 13.8 Å². The number of carboxylic acid groups (broad SMARTS) is 1. The molecule has 5 heteroatoms. The summed E-state index contributed by atoms with van der Waals surface area (Å²) in [5, 5.41) is 9.43. The average molecular weight is 316 g/mol. The van der Waals surface area contributed by atoms with Gasteiger partial charge in [-0.1, -0.05) is 44.2 Å². The SMILES string of the molecule is CC1(C)CC(=O)C(C(CC(=O)c2ccccc2)C(=O)O)C(=O)C1. The van der Waals surface area contributed by atoms with Gasteiger partial charge in [0.15, 0.2) is 5.78 Å². The highest BCUT2D eigenvalue weighted by molar-refractivity contribution is 6.09. The first-order valence-electron chi connectivity index (χ1n) is 7.58. The molecule has 0 saturated heterocycles. The predicted molar refractivity (Wildman–Crippen MR) is 83.0 cm³/mol. The smallest absolute Gasteiger partial charge is 0.308 e. The van der Waals surface area contributed by atoms with Crippen LogP contribution < -0.4 is 0 Å². The molecule has 1 saturated carbocycles. The molecule has 0 aromatic heterocycles. The minimum atomic E-state index is -1.29. The average Bonchev–Trinajstić information content (AvgIpc) is 2.44. The first-order chi connectivity index (χ1) is 10.7. The summed E-state index contributed by atoms with van der Waals surface area (Å²) in [7, 11) is 0. The van der Waals surface area contributed by atoms with E-state index in [2.05, 4.69) is 0 Å². The van der Waals surface area contributed by atoms with Crippen molar-refractivity contribution < 1.29 is 24.3 Å². The molecule has 1 aliphatic carbocycles. The van der Waals surface area contributed by atoms with E-state index >= 15 is 0 Å². The zero-order valence-corrected chi connectivity index (χ0v) is 13.2. The van der Waals surface area contributed by atoms with Gasteiger partial charge in [0.25, 0.3) is 0 Å². The van der Waals surface area contributed by atoms with Crippen LogP contribution in [0, 0.1) is 17.3 Å². The van der Waals surface area contributed by atoms with E-state index in [4.69, 9.17) is 0 Å². The molecule has 0 bridgehead atoms. The Balaban J connectivity index is 2.22. The standard InChI is InChI=1S/C18H20O5/c1-18(2)9-14(20)16(15(21)10-18)12(17(22)23)8-13(19)11-6-4-3-5-7-11/h3-7,12,16H,8-10H2,1-2H3,(H,22,23). The highest BCUT2D eigenvalue weighted by Crippen LogP contribution is 2.37. The third-order valence-corrected chi connectivity index (χ3v) is 4.22. The number of carbonyl (C=O) groups is 4. The zero-order valence-electron chi connectivity index (χ0n) is 13.2. The lowest BCUT2D eigenvalue weighted by atomic mass is 9.67. The van der Waals surface area contributed by atoms with Gasteiger partial charge in [-0.15, -0.1) is 0 Å². The lowest BCUT2D eigenvalue weighted by Crippen LogP contribution is -2.44. The quantitative estimate of drug-likeness (QED) is 0.666. The summed E-state index contributed by atoms with van der Waals surface area (Å²) >= 11 is 0. The van der Waals surface area contributed by atoms with Crippen molar-refractivity contribution in [3.8, 4) is 0 Å². The molecule has 2 rings (SSSR count). The molecule has 1 fully saturated rings. The van der Waals surface area contributed by atoms with Crippen LogP contribution in [-0.4, -0.2) is 28.4 Å². The summed E-state index contributed by atoms with van der Waals surface area (Å²) in [5.74, 6) is -4.91. The third-order valence-electron chi connectivity index (χ3n) is 4.22. The highest BCUT2D eigenvalue weighted by Gasteiger charge is 2.46. The number of ketones is 3. The van der Waals surface area contributed by atoms with E-state index < -0.39 is 23.2 Å². The van der Waals surface area contributed by atoms with Gasteiger partial charge in [0.2, 0.25) is 0 Å². The summed E-state index contributed by atoms with van der Waals surface area (Å²) in [6.45, 7) is 3.62. The van der Waals surface area contributed by atoms with Crippen molar-refractivity contribution in [2.45, 2.75) is 33.1 Å². The van der Waals surface area contributed by atoms with Crippen molar-refractivity contribution in [1.29, 1.82) is 0 Å². The molecule has 0 aliphatic heterocycles. The lowest BCUT2D eigenvalue weighted by Gasteiger charge is -2.34. The van der Waals surface area contributed by atoms with E-state index in [0.717, 1.165) is 0 Å². The molecule has 5 nitrogen and oxygen atoms in total. The molecule has 1 aliphatic rings. The van der Waals surface area contributed by atoms with Gasteiger partial charge in [-0.3, -0.25) is 19.2 Å². The zero-order chi connectivity index (χ0) is 17.2. The first kappa shape index (κ1) is 17.1. The number of carbonyl (C=O) groups excluding carboxylic acids is 3. The Morgan fingerprint density at radius 2 is 1.65 bits per heavy atom. The Bertz CT molecular complexity index is 625. The van der Waals surface area contributed by atoms with Crippen molar-refractivity contribution in [2.75, 3.05) is 0 Å². The Kier molecular flexibility index (Phi) is 4.78. The topological polar surface area (TPSA) is 88.5 Å². The molecular formula is C18H20O5. The van der Waals surface area contributed by atoms with Crippen LogP contribution in [0.3, 0.4) is 0 Å². The number of aliphatic carboxylic acids is 1. The summed E-state index contributed by atoms with van der Waals surface area (Å²) in [4.78, 5) is 48.4. The molecule has 0 spiro atoms. The molecule has 1 aromatic carbocycles. The molecular weight excluding hydrogens is 296 g/mol. The van der Waals surface area contributed by atoms with Crippen molar-refractivity contribution in [2.24, 2.45) is 17.3 Å². The molecule has 1 N–H and O–H groups in total. The van der Waals surface area contributed by atoms with Crippen molar-refractivity contribution in [3.63, 3.8) is 0 Å². The molecule has 0 heterocycles. The summed E-state index contributed by atoms with van der Waals surface area (Å²) in [6.07, 6.45) is -0.0264. The molecule has 1 atom stereocenters. The maximum absolute atomic E-state index is 12.3. The fourth-order valence-electron chi connectivity index (χ4n) is 3.14. The fraction of sp³-hybridized carbons (Fsp3) is 0.444. The maximum atomic E-state index is 12.3. The van der Waals surface area contributed by atoms with Crippen LogP contribution >= 0.6 is 0 Å². The van der Waals surface area contributed by atoms with Gasteiger partial charge in [-0.2, -0.15) is 0 Å². The van der Waals surface area contributed by atoms with E-state index in [0.29, 0.717) is 5.56 Å². The number of hydrogen-bond acceptors (Lipinski definition) is 4. The molecule has 122 valence electrons. The highest BCUT2D eigenvalue weighted by atomic mass is 16.4. The molecule has 23 heavy (non-hydrogen) atoms. The molecule has 0 amide bonds. The van der Waals surface area contributed by atoms with Crippen molar-refractivity contribution in [3.05, 3.63) is 35.9 Å². The molecule has 1 unspecified atom stereocenters. The van der Waals surface area contributed by atoms with Crippen LogP contribution in [0.25, 0.3) is 0 Å². The number of rotatable bonds is 5. The summed E-state index contributed by atoms with van der Waals surface area (Å²) in [5.41, 5.74) is -0.0632. The maximum Gasteiger partial charge on any atom is 0.308 e. The van der Waals surface area contributed by atoms with Gasteiger partial charge >= 0.3 is 5.97 Å². The number of carboxylic acids is 1. The number of Topliss-reactive ketones (excluding diaryl/α,β-unsaturated/α-hetero) is 3. The van der Waals surface area contributed by atoms with E-state index in [1.54, 1.807) is 30.3 Å². The number of benzene rings is 1. The van der Waals surface area contributed by atoms with Crippen LogP contribution in [0.5, 0.6) is 0 Å². The first-order valence-corrected chi connectivity index (χ1v) is 7.58. The van der Waals surface area contributed by atoms with Crippen LogP contribution in [-0.2, 0) is 14.4 Å². The second-order valence-corrected chi connectivity index (χ2v) is 6.87. The van der Waals surface area contributed by atoms with Crippen molar-refractivity contribution >= 4 is 23.3 Å². The van der Waals surface area contributed by atoms with E-state index in [9.17, 15) is 24.3 Å². The lowest BCUT2D eigenvalue weighted by molar-refractivity contribution is -0.153. The van der Waals surface area contributed by atoms with Gasteiger partial charge in [0.05, 0.1) is 11.8 Å². The Morgan fingerprint density at radius 3 is 2.13 bits per heavy atom. The Labute approximate surface area is 134 Å². The van der Waals surface area contributed by atoms with Gasteiger partial charge in [0.1, 0.15) is 11.6 Å².